The monoisotopic (exact) mass is 379 g/mol. The van der Waals surface area contributed by atoms with Crippen molar-refractivity contribution in [2.75, 3.05) is 5.32 Å². The Balaban J connectivity index is 1.80. The lowest BCUT2D eigenvalue weighted by atomic mass is 10.1. The van der Waals surface area contributed by atoms with E-state index in [0.29, 0.717) is 11.4 Å². The number of amides is 2. The van der Waals surface area contributed by atoms with E-state index in [1.807, 2.05) is 0 Å². The molecular formula is C20H17N3O5. The number of anilines is 1. The highest BCUT2D eigenvalue weighted by Gasteiger charge is 2.20. The van der Waals surface area contributed by atoms with E-state index in [0.717, 1.165) is 0 Å². The van der Waals surface area contributed by atoms with Crippen molar-refractivity contribution in [1.29, 1.82) is 0 Å². The highest BCUT2D eigenvalue weighted by atomic mass is 16.6. The third-order valence-corrected chi connectivity index (χ3v) is 4.17. The summed E-state index contributed by atoms with van der Waals surface area (Å²) in [5, 5.41) is 16.5. The average Bonchev–Trinajstić information content (AvgIpc) is 3.20. The van der Waals surface area contributed by atoms with E-state index in [4.69, 9.17) is 4.42 Å². The predicted octanol–water partition coefficient (Wildman–Crippen LogP) is 3.68. The van der Waals surface area contributed by atoms with Crippen molar-refractivity contribution >= 4 is 23.2 Å². The minimum Gasteiger partial charge on any atom is -0.467 e. The molecule has 3 rings (SSSR count). The first-order valence-corrected chi connectivity index (χ1v) is 8.42. The van der Waals surface area contributed by atoms with Gasteiger partial charge in [0.25, 0.3) is 17.5 Å². The third-order valence-electron chi connectivity index (χ3n) is 4.17. The fourth-order valence-corrected chi connectivity index (χ4v) is 2.72. The molecule has 0 aliphatic heterocycles. The highest BCUT2D eigenvalue weighted by molar-refractivity contribution is 6.09. The van der Waals surface area contributed by atoms with Crippen molar-refractivity contribution in [2.45, 2.75) is 13.5 Å². The molecular weight excluding hydrogens is 362 g/mol. The summed E-state index contributed by atoms with van der Waals surface area (Å²) in [5.41, 5.74) is 0.850. The Kier molecular flexibility index (Phi) is 5.50. The second-order valence-electron chi connectivity index (χ2n) is 5.97. The Bertz CT molecular complexity index is 1030. The van der Waals surface area contributed by atoms with Crippen LogP contribution in [0.4, 0.5) is 11.4 Å². The van der Waals surface area contributed by atoms with Gasteiger partial charge in [0, 0.05) is 17.2 Å². The fraction of sp³-hybridized carbons (Fsp3) is 0.100. The number of carbonyl (C=O) groups excluding carboxylic acids is 2. The minimum absolute atomic E-state index is 0.142. The molecule has 0 bridgehead atoms. The quantitative estimate of drug-likeness (QED) is 0.501. The van der Waals surface area contributed by atoms with Gasteiger partial charge >= 0.3 is 0 Å². The summed E-state index contributed by atoms with van der Waals surface area (Å²) in [5.74, 6) is -0.322. The molecule has 3 aromatic rings. The van der Waals surface area contributed by atoms with E-state index in [1.54, 1.807) is 36.4 Å². The molecule has 0 radical (unpaired) electrons. The Morgan fingerprint density at radius 3 is 2.46 bits per heavy atom. The van der Waals surface area contributed by atoms with Gasteiger partial charge in [-0.1, -0.05) is 18.2 Å². The number of nitro benzene ring substituents is 1. The molecule has 8 heteroatoms. The van der Waals surface area contributed by atoms with Crippen LogP contribution in [0.1, 0.15) is 32.0 Å². The van der Waals surface area contributed by atoms with Crippen LogP contribution in [0.25, 0.3) is 0 Å². The molecule has 2 amide bonds. The van der Waals surface area contributed by atoms with Crippen molar-refractivity contribution in [3.05, 3.63) is 93.4 Å². The molecule has 0 saturated carbocycles. The van der Waals surface area contributed by atoms with Gasteiger partial charge in [0.15, 0.2) is 0 Å². The van der Waals surface area contributed by atoms with Crippen LogP contribution in [-0.4, -0.2) is 16.7 Å². The van der Waals surface area contributed by atoms with E-state index < -0.39 is 10.8 Å². The van der Waals surface area contributed by atoms with Crippen molar-refractivity contribution in [3.8, 4) is 0 Å². The molecule has 0 aliphatic rings. The molecule has 1 aromatic heterocycles. The molecule has 8 nitrogen and oxygen atoms in total. The van der Waals surface area contributed by atoms with Gasteiger partial charge in [0.05, 0.1) is 29.0 Å². The van der Waals surface area contributed by atoms with E-state index in [-0.39, 0.29) is 34.8 Å². The zero-order valence-electron chi connectivity index (χ0n) is 15.0. The molecule has 0 atom stereocenters. The van der Waals surface area contributed by atoms with Crippen LogP contribution in [0.5, 0.6) is 0 Å². The zero-order chi connectivity index (χ0) is 20.1. The molecule has 0 spiro atoms. The van der Waals surface area contributed by atoms with Crippen LogP contribution in [-0.2, 0) is 6.54 Å². The summed E-state index contributed by atoms with van der Waals surface area (Å²) in [6.45, 7) is 1.72. The molecule has 2 aromatic carbocycles. The number of hydrogen-bond donors (Lipinski definition) is 2. The van der Waals surface area contributed by atoms with Crippen molar-refractivity contribution in [1.82, 2.24) is 5.32 Å². The molecule has 0 fully saturated rings. The number of benzene rings is 2. The van der Waals surface area contributed by atoms with Crippen LogP contribution in [0, 0.1) is 17.0 Å². The van der Waals surface area contributed by atoms with E-state index in [9.17, 15) is 19.7 Å². The number of nitrogens with zero attached hydrogens (tertiary/aromatic N) is 1. The number of nitro groups is 1. The fourth-order valence-electron chi connectivity index (χ4n) is 2.72. The van der Waals surface area contributed by atoms with Gasteiger partial charge in [-0.25, -0.2) is 0 Å². The van der Waals surface area contributed by atoms with Crippen LogP contribution in [0.3, 0.4) is 0 Å². The van der Waals surface area contributed by atoms with Crippen LogP contribution >= 0.6 is 0 Å². The third kappa shape index (κ3) is 4.07. The summed E-state index contributed by atoms with van der Waals surface area (Å²) < 4.78 is 5.18. The normalized spacial score (nSPS) is 10.3. The number of rotatable bonds is 6. The summed E-state index contributed by atoms with van der Waals surface area (Å²) in [6, 6.07) is 14.3. The van der Waals surface area contributed by atoms with Crippen LogP contribution in [0.15, 0.2) is 65.3 Å². The molecule has 28 heavy (non-hydrogen) atoms. The Morgan fingerprint density at radius 1 is 1.00 bits per heavy atom. The maximum absolute atomic E-state index is 12.6. The lowest BCUT2D eigenvalue weighted by Crippen LogP contribution is -2.24. The standard InChI is InChI=1S/C20H17N3O5/c1-13-15(8-4-10-18(13)23(26)27)20(25)22-17-9-3-2-7-16(17)19(24)21-12-14-6-5-11-28-14/h2-11H,12H2,1H3,(H,21,24)(H,22,25). The molecule has 0 saturated heterocycles. The van der Waals surface area contributed by atoms with E-state index >= 15 is 0 Å². The molecule has 0 unspecified atom stereocenters. The van der Waals surface area contributed by atoms with E-state index in [1.165, 1.54) is 31.4 Å². The summed E-state index contributed by atoms with van der Waals surface area (Å²) >= 11 is 0. The van der Waals surface area contributed by atoms with Crippen LogP contribution in [0.2, 0.25) is 0 Å². The van der Waals surface area contributed by atoms with Gasteiger partial charge in [0.1, 0.15) is 5.76 Å². The SMILES string of the molecule is Cc1c(C(=O)Nc2ccccc2C(=O)NCc2ccco2)cccc1[N+](=O)[O-]. The number of hydrogen-bond acceptors (Lipinski definition) is 5. The number of furan rings is 1. The lowest BCUT2D eigenvalue weighted by molar-refractivity contribution is -0.385. The second-order valence-corrected chi connectivity index (χ2v) is 5.97. The second kappa shape index (κ2) is 8.17. The minimum atomic E-state index is -0.540. The molecule has 142 valence electrons. The lowest BCUT2D eigenvalue weighted by Gasteiger charge is -2.12. The van der Waals surface area contributed by atoms with Gasteiger partial charge in [-0.3, -0.25) is 19.7 Å². The highest BCUT2D eigenvalue weighted by Crippen LogP contribution is 2.23. The first kappa shape index (κ1) is 18.8. The maximum atomic E-state index is 12.6. The Morgan fingerprint density at radius 2 is 1.75 bits per heavy atom. The average molecular weight is 379 g/mol. The maximum Gasteiger partial charge on any atom is 0.273 e. The zero-order valence-corrected chi connectivity index (χ0v) is 15.0. The van der Waals surface area contributed by atoms with Crippen molar-refractivity contribution in [2.24, 2.45) is 0 Å². The largest absolute Gasteiger partial charge is 0.467 e. The molecule has 0 aliphatic carbocycles. The first-order chi connectivity index (χ1) is 13.5. The predicted molar refractivity (Wildman–Crippen MR) is 102 cm³/mol. The summed E-state index contributed by atoms with van der Waals surface area (Å²) in [6.07, 6.45) is 1.51. The van der Waals surface area contributed by atoms with Gasteiger partial charge in [-0.2, -0.15) is 0 Å². The van der Waals surface area contributed by atoms with E-state index in [2.05, 4.69) is 10.6 Å². The summed E-state index contributed by atoms with van der Waals surface area (Å²) in [4.78, 5) is 35.7. The molecule has 1 heterocycles. The summed E-state index contributed by atoms with van der Waals surface area (Å²) in [7, 11) is 0. The molecule has 2 N–H and O–H groups in total. The van der Waals surface area contributed by atoms with Gasteiger partial charge < -0.3 is 15.1 Å². The number of nitrogens with one attached hydrogen (secondary N) is 2. The number of para-hydroxylation sites is 1. The Labute approximate surface area is 160 Å². The first-order valence-electron chi connectivity index (χ1n) is 8.42. The van der Waals surface area contributed by atoms with Gasteiger partial charge in [-0.15, -0.1) is 0 Å². The number of carbonyl (C=O) groups is 2. The Hall–Kier alpha value is -3.94. The van der Waals surface area contributed by atoms with Crippen molar-refractivity contribution < 1.29 is 18.9 Å². The van der Waals surface area contributed by atoms with Gasteiger partial charge in [0.2, 0.25) is 0 Å². The van der Waals surface area contributed by atoms with Crippen LogP contribution < -0.4 is 10.6 Å². The topological polar surface area (TPSA) is 114 Å². The van der Waals surface area contributed by atoms with Gasteiger partial charge in [-0.05, 0) is 37.3 Å². The smallest absolute Gasteiger partial charge is 0.273 e. The van der Waals surface area contributed by atoms with Crippen molar-refractivity contribution in [3.63, 3.8) is 0 Å².